The molecule has 2 nitrogen and oxygen atoms in total. The molecule has 2 aromatic rings. The van der Waals surface area contributed by atoms with Crippen molar-refractivity contribution in [3.8, 4) is 5.75 Å². The van der Waals surface area contributed by atoms with Crippen LogP contribution in [0.1, 0.15) is 0 Å². The molecule has 0 aliphatic carbocycles. The molecule has 4 heteroatoms. The van der Waals surface area contributed by atoms with E-state index in [1.54, 1.807) is 11.3 Å². The van der Waals surface area contributed by atoms with E-state index in [2.05, 4.69) is 28.9 Å². The van der Waals surface area contributed by atoms with E-state index in [0.717, 1.165) is 18.8 Å². The smallest absolute Gasteiger partial charge is 0.128 e. The molecule has 1 fully saturated rings. The number of ether oxygens (including phenoxy) is 1. The molecule has 1 aliphatic heterocycles. The Labute approximate surface area is 98.7 Å². The summed E-state index contributed by atoms with van der Waals surface area (Å²) in [7, 11) is 0. The summed E-state index contributed by atoms with van der Waals surface area (Å²) in [5.41, 5.74) is 0. The van der Waals surface area contributed by atoms with Crippen molar-refractivity contribution in [2.75, 3.05) is 13.1 Å². The number of fused-ring (bicyclic) bond motifs is 1. The van der Waals surface area contributed by atoms with Crippen molar-refractivity contribution in [2.45, 2.75) is 6.10 Å². The molecule has 1 aromatic heterocycles. The molecule has 1 aromatic carbocycles. The first-order valence-electron chi connectivity index (χ1n) is 4.77. The molecule has 0 amide bonds. The van der Waals surface area contributed by atoms with Crippen molar-refractivity contribution < 1.29 is 4.74 Å². The highest BCUT2D eigenvalue weighted by atomic mass is 35.5. The third-order valence-electron chi connectivity index (χ3n) is 2.49. The normalized spacial score (nSPS) is 15.7. The third-order valence-corrected chi connectivity index (χ3v) is 3.38. The second kappa shape index (κ2) is 4.39. The number of thiophene rings is 1. The Balaban J connectivity index is 0.000000853. The second-order valence-corrected chi connectivity index (χ2v) is 4.43. The van der Waals surface area contributed by atoms with Gasteiger partial charge in [0.25, 0.3) is 0 Å². The molecule has 80 valence electrons. The fourth-order valence-electron chi connectivity index (χ4n) is 1.59. The molecule has 0 bridgehead atoms. The van der Waals surface area contributed by atoms with E-state index in [-0.39, 0.29) is 12.4 Å². The molecule has 0 unspecified atom stereocenters. The van der Waals surface area contributed by atoms with Crippen LogP contribution in [0.25, 0.3) is 10.1 Å². The van der Waals surface area contributed by atoms with Crippen LogP contribution in [0.3, 0.4) is 0 Å². The van der Waals surface area contributed by atoms with E-state index >= 15 is 0 Å². The van der Waals surface area contributed by atoms with Crippen LogP contribution in [0.4, 0.5) is 0 Å². The lowest BCUT2D eigenvalue weighted by atomic mass is 10.2. The summed E-state index contributed by atoms with van der Waals surface area (Å²) in [6.45, 7) is 1.95. The zero-order valence-electron chi connectivity index (χ0n) is 8.10. The summed E-state index contributed by atoms with van der Waals surface area (Å²) in [6.07, 6.45) is 0.362. The first-order chi connectivity index (χ1) is 6.93. The lowest BCUT2D eigenvalue weighted by molar-refractivity contribution is 0.144. The number of benzene rings is 1. The first-order valence-corrected chi connectivity index (χ1v) is 5.65. The Morgan fingerprint density at radius 3 is 2.87 bits per heavy atom. The van der Waals surface area contributed by atoms with Crippen LogP contribution >= 0.6 is 23.7 Å². The van der Waals surface area contributed by atoms with Crippen molar-refractivity contribution in [3.63, 3.8) is 0 Å². The van der Waals surface area contributed by atoms with Crippen molar-refractivity contribution >= 4 is 33.8 Å². The molecular weight excluding hydrogens is 230 g/mol. The van der Waals surface area contributed by atoms with Gasteiger partial charge in [-0.25, -0.2) is 0 Å². The number of rotatable bonds is 2. The minimum Gasteiger partial charge on any atom is -0.487 e. The standard InChI is InChI=1S/C11H11NOS.ClH/c1-2-10(13-8-6-12-7-8)9-4-5-14-11(9)3-1;/h1-5,8,12H,6-7H2;1H. The van der Waals surface area contributed by atoms with Crippen molar-refractivity contribution in [2.24, 2.45) is 0 Å². The van der Waals surface area contributed by atoms with Crippen LogP contribution in [0.15, 0.2) is 29.6 Å². The van der Waals surface area contributed by atoms with E-state index in [1.807, 2.05) is 6.07 Å². The number of hydrogen-bond acceptors (Lipinski definition) is 3. The SMILES string of the molecule is Cl.c1cc(OC2CNC2)c2ccsc2c1. The largest absolute Gasteiger partial charge is 0.487 e. The zero-order valence-corrected chi connectivity index (χ0v) is 9.74. The Bertz CT molecular complexity index is 453. The fourth-order valence-corrected chi connectivity index (χ4v) is 2.40. The van der Waals surface area contributed by atoms with Gasteiger partial charge in [0.05, 0.1) is 0 Å². The maximum atomic E-state index is 5.87. The molecule has 15 heavy (non-hydrogen) atoms. The lowest BCUT2D eigenvalue weighted by Crippen LogP contribution is -2.50. The molecule has 3 rings (SSSR count). The predicted octanol–water partition coefficient (Wildman–Crippen LogP) is 2.67. The molecule has 1 saturated heterocycles. The van der Waals surface area contributed by atoms with E-state index in [1.165, 1.54) is 10.1 Å². The Kier molecular flexibility index (Phi) is 3.14. The summed E-state index contributed by atoms with van der Waals surface area (Å²) >= 11 is 1.76. The van der Waals surface area contributed by atoms with Gasteiger partial charge in [-0.15, -0.1) is 23.7 Å². The topological polar surface area (TPSA) is 21.3 Å². The van der Waals surface area contributed by atoms with E-state index in [9.17, 15) is 0 Å². The van der Waals surface area contributed by atoms with Crippen LogP contribution in [0.5, 0.6) is 5.75 Å². The molecule has 0 spiro atoms. The molecule has 1 aliphatic rings. The van der Waals surface area contributed by atoms with Gasteiger partial charge in [0.1, 0.15) is 11.9 Å². The third kappa shape index (κ3) is 1.95. The van der Waals surface area contributed by atoms with Gasteiger partial charge in [0, 0.05) is 23.2 Å². The van der Waals surface area contributed by atoms with Crippen molar-refractivity contribution in [3.05, 3.63) is 29.6 Å². The van der Waals surface area contributed by atoms with Gasteiger partial charge in [-0.2, -0.15) is 0 Å². The van der Waals surface area contributed by atoms with Crippen molar-refractivity contribution in [1.82, 2.24) is 5.32 Å². The molecule has 0 saturated carbocycles. The van der Waals surface area contributed by atoms with Crippen LogP contribution in [0, 0.1) is 0 Å². The minimum atomic E-state index is 0. The number of nitrogens with one attached hydrogen (secondary N) is 1. The number of halogens is 1. The second-order valence-electron chi connectivity index (χ2n) is 3.49. The van der Waals surface area contributed by atoms with Crippen LogP contribution in [-0.4, -0.2) is 19.2 Å². The summed E-state index contributed by atoms with van der Waals surface area (Å²) < 4.78 is 7.17. The van der Waals surface area contributed by atoms with E-state index < -0.39 is 0 Å². The maximum Gasteiger partial charge on any atom is 0.128 e. The van der Waals surface area contributed by atoms with Crippen LogP contribution < -0.4 is 10.1 Å². The van der Waals surface area contributed by atoms with Crippen LogP contribution in [0.2, 0.25) is 0 Å². The average Bonchev–Trinajstić information content (AvgIpc) is 2.59. The minimum absolute atomic E-state index is 0. The average molecular weight is 242 g/mol. The van der Waals surface area contributed by atoms with Gasteiger partial charge in [0.15, 0.2) is 0 Å². The van der Waals surface area contributed by atoms with Crippen LogP contribution in [-0.2, 0) is 0 Å². The molecule has 0 radical (unpaired) electrons. The molecule has 2 heterocycles. The zero-order chi connectivity index (χ0) is 9.38. The highest BCUT2D eigenvalue weighted by Gasteiger charge is 2.19. The van der Waals surface area contributed by atoms with Crippen molar-refractivity contribution in [1.29, 1.82) is 0 Å². The number of hydrogen-bond donors (Lipinski definition) is 1. The maximum absolute atomic E-state index is 5.87. The summed E-state index contributed by atoms with van der Waals surface area (Å²) in [5, 5.41) is 6.55. The van der Waals surface area contributed by atoms with Gasteiger partial charge in [0.2, 0.25) is 0 Å². The quantitative estimate of drug-likeness (QED) is 0.873. The molecular formula is C11H12ClNOS. The lowest BCUT2D eigenvalue weighted by Gasteiger charge is -2.28. The highest BCUT2D eigenvalue weighted by Crippen LogP contribution is 2.30. The Morgan fingerprint density at radius 1 is 1.27 bits per heavy atom. The van der Waals surface area contributed by atoms with Gasteiger partial charge in [-0.05, 0) is 23.6 Å². The summed E-state index contributed by atoms with van der Waals surface area (Å²) in [5.74, 6) is 1.02. The van der Waals surface area contributed by atoms with E-state index in [4.69, 9.17) is 4.74 Å². The first kappa shape index (κ1) is 10.7. The van der Waals surface area contributed by atoms with Gasteiger partial charge in [-0.1, -0.05) is 6.07 Å². The van der Waals surface area contributed by atoms with Gasteiger partial charge < -0.3 is 10.1 Å². The fraction of sp³-hybridized carbons (Fsp3) is 0.273. The highest BCUT2D eigenvalue weighted by molar-refractivity contribution is 7.17. The summed E-state index contributed by atoms with van der Waals surface area (Å²) in [6, 6.07) is 8.36. The predicted molar refractivity (Wildman–Crippen MR) is 66.4 cm³/mol. The van der Waals surface area contributed by atoms with Gasteiger partial charge in [-0.3, -0.25) is 0 Å². The molecule has 0 atom stereocenters. The Hall–Kier alpha value is -0.770. The molecule has 1 N–H and O–H groups in total. The monoisotopic (exact) mass is 241 g/mol. The van der Waals surface area contributed by atoms with E-state index in [0.29, 0.717) is 6.10 Å². The Morgan fingerprint density at radius 2 is 2.13 bits per heavy atom. The summed E-state index contributed by atoms with van der Waals surface area (Å²) in [4.78, 5) is 0. The van der Waals surface area contributed by atoms with Gasteiger partial charge >= 0.3 is 0 Å².